The molecule has 3 amide bonds. The van der Waals surface area contributed by atoms with E-state index in [0.29, 0.717) is 48.9 Å². The highest BCUT2D eigenvalue weighted by Gasteiger charge is 2.29. The van der Waals surface area contributed by atoms with Gasteiger partial charge in [-0.05, 0) is 38.0 Å². The van der Waals surface area contributed by atoms with Gasteiger partial charge in [-0.2, -0.15) is 0 Å². The molecule has 1 aliphatic rings. The summed E-state index contributed by atoms with van der Waals surface area (Å²) in [6, 6.07) is 8.14. The lowest BCUT2D eigenvalue weighted by atomic mass is 10.0. The van der Waals surface area contributed by atoms with E-state index in [9.17, 15) is 14.4 Å². The summed E-state index contributed by atoms with van der Waals surface area (Å²) in [7, 11) is 0. The number of hydrogen-bond donors (Lipinski definition) is 2. The number of anilines is 1. The van der Waals surface area contributed by atoms with E-state index in [1.807, 2.05) is 31.2 Å². The molecule has 0 atom stereocenters. The fraction of sp³-hybridized carbons (Fsp3) is 0.381. The zero-order valence-corrected chi connectivity index (χ0v) is 18.7. The molecule has 2 heterocycles. The SMILES string of the molecule is CCOC(=O)N1CCc2c(sc(NC(=O)CCSc3ccc(C)cc3)c2C(N)=O)C1. The smallest absolute Gasteiger partial charge is 0.410 e. The molecule has 30 heavy (non-hydrogen) atoms. The van der Waals surface area contributed by atoms with Gasteiger partial charge in [0.15, 0.2) is 0 Å². The van der Waals surface area contributed by atoms with Crippen LogP contribution in [-0.2, 0) is 22.5 Å². The van der Waals surface area contributed by atoms with Crippen LogP contribution in [0.2, 0.25) is 0 Å². The number of thioether (sulfide) groups is 1. The van der Waals surface area contributed by atoms with Crippen molar-refractivity contribution in [3.63, 3.8) is 0 Å². The molecule has 0 bridgehead atoms. The monoisotopic (exact) mass is 447 g/mol. The Hall–Kier alpha value is -2.52. The van der Waals surface area contributed by atoms with Crippen LogP contribution in [0.25, 0.3) is 0 Å². The Morgan fingerprint density at radius 2 is 2.00 bits per heavy atom. The average Bonchev–Trinajstić information content (AvgIpc) is 3.06. The lowest BCUT2D eigenvalue weighted by Gasteiger charge is -2.26. The van der Waals surface area contributed by atoms with E-state index in [4.69, 9.17) is 10.5 Å². The summed E-state index contributed by atoms with van der Waals surface area (Å²) >= 11 is 2.91. The van der Waals surface area contributed by atoms with Crippen molar-refractivity contribution < 1.29 is 19.1 Å². The molecule has 160 valence electrons. The average molecular weight is 448 g/mol. The molecule has 0 saturated carbocycles. The molecule has 3 N–H and O–H groups in total. The Kier molecular flexibility index (Phi) is 7.38. The molecule has 9 heteroatoms. The summed E-state index contributed by atoms with van der Waals surface area (Å²) in [5.41, 5.74) is 7.97. The highest BCUT2D eigenvalue weighted by molar-refractivity contribution is 7.99. The van der Waals surface area contributed by atoms with Gasteiger partial charge in [0.05, 0.1) is 18.7 Å². The van der Waals surface area contributed by atoms with Gasteiger partial charge in [-0.15, -0.1) is 23.1 Å². The summed E-state index contributed by atoms with van der Waals surface area (Å²) in [4.78, 5) is 40.1. The summed E-state index contributed by atoms with van der Waals surface area (Å²) in [6.45, 7) is 4.89. The number of aryl methyl sites for hydroxylation is 1. The van der Waals surface area contributed by atoms with Crippen molar-refractivity contribution in [2.75, 3.05) is 24.2 Å². The van der Waals surface area contributed by atoms with Crippen molar-refractivity contribution in [1.82, 2.24) is 4.90 Å². The summed E-state index contributed by atoms with van der Waals surface area (Å²) in [5, 5.41) is 3.31. The van der Waals surface area contributed by atoms with E-state index in [1.165, 1.54) is 16.9 Å². The second-order valence-corrected chi connectivity index (χ2v) is 9.18. The molecule has 1 aromatic heterocycles. The van der Waals surface area contributed by atoms with E-state index in [2.05, 4.69) is 5.32 Å². The number of hydrogen-bond acceptors (Lipinski definition) is 6. The Bertz CT molecular complexity index is 940. The second kappa shape index (κ2) is 9.99. The zero-order valence-electron chi connectivity index (χ0n) is 17.0. The van der Waals surface area contributed by atoms with Crippen molar-refractivity contribution in [3.05, 3.63) is 45.8 Å². The largest absolute Gasteiger partial charge is 0.450 e. The molecular formula is C21H25N3O4S2. The van der Waals surface area contributed by atoms with Crippen LogP contribution in [0.5, 0.6) is 0 Å². The molecular weight excluding hydrogens is 422 g/mol. The number of carbonyl (C=O) groups excluding carboxylic acids is 3. The third kappa shape index (κ3) is 5.34. The number of thiophene rings is 1. The Balaban J connectivity index is 1.64. The quantitative estimate of drug-likeness (QED) is 0.629. The fourth-order valence-electron chi connectivity index (χ4n) is 3.21. The van der Waals surface area contributed by atoms with Crippen LogP contribution in [0, 0.1) is 6.92 Å². The van der Waals surface area contributed by atoms with Gasteiger partial charge in [0.1, 0.15) is 5.00 Å². The van der Waals surface area contributed by atoms with Crippen molar-refractivity contribution in [1.29, 1.82) is 0 Å². The van der Waals surface area contributed by atoms with Crippen molar-refractivity contribution in [2.24, 2.45) is 5.73 Å². The van der Waals surface area contributed by atoms with E-state index in [-0.39, 0.29) is 12.0 Å². The number of carbonyl (C=O) groups is 3. The first-order valence-corrected chi connectivity index (χ1v) is 11.5. The van der Waals surface area contributed by atoms with Crippen LogP contribution in [-0.4, -0.2) is 41.7 Å². The molecule has 3 rings (SSSR count). The first-order chi connectivity index (χ1) is 14.4. The van der Waals surface area contributed by atoms with Crippen LogP contribution in [0.15, 0.2) is 29.2 Å². The minimum atomic E-state index is -0.568. The van der Waals surface area contributed by atoms with E-state index in [1.54, 1.807) is 23.6 Å². The van der Waals surface area contributed by atoms with E-state index >= 15 is 0 Å². The number of fused-ring (bicyclic) bond motifs is 1. The van der Waals surface area contributed by atoms with E-state index in [0.717, 1.165) is 15.3 Å². The normalized spacial score (nSPS) is 12.9. The predicted octanol–water partition coefficient (Wildman–Crippen LogP) is 3.79. The third-order valence-corrected chi connectivity index (χ3v) is 6.85. The number of amides is 3. The number of nitrogens with one attached hydrogen (secondary N) is 1. The number of nitrogens with two attached hydrogens (primary N) is 1. The van der Waals surface area contributed by atoms with Crippen LogP contribution in [0.3, 0.4) is 0 Å². The first kappa shape index (κ1) is 22.2. The minimum absolute atomic E-state index is 0.169. The third-order valence-electron chi connectivity index (χ3n) is 4.70. The zero-order chi connectivity index (χ0) is 21.7. The van der Waals surface area contributed by atoms with Crippen LogP contribution >= 0.6 is 23.1 Å². The Labute approximate surface area is 184 Å². The van der Waals surface area contributed by atoms with Gasteiger partial charge in [-0.25, -0.2) is 4.79 Å². The molecule has 0 radical (unpaired) electrons. The standard InChI is InChI=1S/C21H25N3O4S2/c1-3-28-21(27)24-10-8-15-16(12-24)30-20(18(15)19(22)26)23-17(25)9-11-29-14-6-4-13(2)5-7-14/h4-7H,3,8-12H2,1-2H3,(H2,22,26)(H,23,25). The minimum Gasteiger partial charge on any atom is -0.450 e. The maximum atomic E-state index is 12.4. The molecule has 0 fully saturated rings. The second-order valence-electron chi connectivity index (χ2n) is 6.90. The van der Waals surface area contributed by atoms with Crippen LogP contribution in [0.4, 0.5) is 9.80 Å². The summed E-state index contributed by atoms with van der Waals surface area (Å²) < 4.78 is 5.06. The molecule has 0 spiro atoms. The number of benzene rings is 1. The van der Waals surface area contributed by atoms with Gasteiger partial charge in [0.25, 0.3) is 5.91 Å². The molecule has 0 aliphatic carbocycles. The van der Waals surface area contributed by atoms with Crippen LogP contribution in [0.1, 0.15) is 39.7 Å². The topological polar surface area (TPSA) is 102 Å². The number of ether oxygens (including phenoxy) is 1. The predicted molar refractivity (Wildman–Crippen MR) is 119 cm³/mol. The number of rotatable bonds is 7. The van der Waals surface area contributed by atoms with Crippen molar-refractivity contribution in [3.8, 4) is 0 Å². The van der Waals surface area contributed by atoms with Gasteiger partial charge < -0.3 is 20.7 Å². The molecule has 2 aromatic rings. The van der Waals surface area contributed by atoms with Gasteiger partial charge in [-0.3, -0.25) is 9.59 Å². The Morgan fingerprint density at radius 1 is 1.27 bits per heavy atom. The Morgan fingerprint density at radius 3 is 2.67 bits per heavy atom. The molecule has 7 nitrogen and oxygen atoms in total. The maximum Gasteiger partial charge on any atom is 0.410 e. The van der Waals surface area contributed by atoms with Crippen molar-refractivity contribution >= 4 is 46.0 Å². The molecule has 0 unspecified atom stereocenters. The molecule has 1 aromatic carbocycles. The lowest BCUT2D eigenvalue weighted by Crippen LogP contribution is -2.36. The van der Waals surface area contributed by atoms with Gasteiger partial charge >= 0.3 is 6.09 Å². The molecule has 0 saturated heterocycles. The number of nitrogens with zero attached hydrogens (tertiary/aromatic N) is 1. The maximum absolute atomic E-state index is 12.4. The van der Waals surface area contributed by atoms with E-state index < -0.39 is 5.91 Å². The van der Waals surface area contributed by atoms with Gasteiger partial charge in [-0.1, -0.05) is 17.7 Å². The highest BCUT2D eigenvalue weighted by atomic mass is 32.2. The molecule has 1 aliphatic heterocycles. The summed E-state index contributed by atoms with van der Waals surface area (Å²) in [6.07, 6.45) is 0.437. The summed E-state index contributed by atoms with van der Waals surface area (Å²) in [5.74, 6) is -0.109. The van der Waals surface area contributed by atoms with Crippen molar-refractivity contribution in [2.45, 2.75) is 38.1 Å². The lowest BCUT2D eigenvalue weighted by molar-refractivity contribution is -0.115. The fourth-order valence-corrected chi connectivity index (χ4v) is 5.34. The first-order valence-electron chi connectivity index (χ1n) is 9.74. The van der Waals surface area contributed by atoms with Crippen LogP contribution < -0.4 is 11.1 Å². The number of primary amides is 1. The van der Waals surface area contributed by atoms with Gasteiger partial charge in [0, 0.05) is 28.5 Å². The van der Waals surface area contributed by atoms with Gasteiger partial charge in [0.2, 0.25) is 5.91 Å². The highest BCUT2D eigenvalue weighted by Crippen LogP contribution is 2.37.